The van der Waals surface area contributed by atoms with E-state index in [2.05, 4.69) is 15.5 Å². The first kappa shape index (κ1) is 45.4. The van der Waals surface area contributed by atoms with Crippen molar-refractivity contribution >= 4 is 60.5 Å². The van der Waals surface area contributed by atoms with Gasteiger partial charge in [0.2, 0.25) is 0 Å². The third kappa shape index (κ3) is 10.8. The molecule has 0 radical (unpaired) electrons. The molecule has 1 unspecified atom stereocenters. The van der Waals surface area contributed by atoms with E-state index < -0.39 is 58.9 Å². The molecule has 0 saturated carbocycles. The molecule has 2 aliphatic rings. The maximum absolute atomic E-state index is 14.1. The van der Waals surface area contributed by atoms with Gasteiger partial charge in [0, 0.05) is 52.1 Å². The highest BCUT2D eigenvalue weighted by Gasteiger charge is 2.48. The van der Waals surface area contributed by atoms with Crippen molar-refractivity contribution in [2.24, 2.45) is 5.92 Å². The van der Waals surface area contributed by atoms with Crippen molar-refractivity contribution < 1.29 is 39.9 Å². The van der Waals surface area contributed by atoms with E-state index >= 15 is 0 Å². The van der Waals surface area contributed by atoms with Gasteiger partial charge in [-0.15, -0.1) is 11.8 Å². The Labute approximate surface area is 369 Å². The number of anilines is 2. The number of alkyl halides is 3. The Hall–Kier alpha value is -4.58. The minimum Gasteiger partial charge on any atom is -0.388 e. The number of hydrogen-bond donors (Lipinski definition) is 4. The molecule has 0 aromatic heterocycles. The van der Waals surface area contributed by atoms with Crippen molar-refractivity contribution in [3.63, 3.8) is 0 Å². The number of hydrogen-bond acceptors (Lipinski definition) is 10. The zero-order valence-corrected chi connectivity index (χ0v) is 36.6. The Morgan fingerprint density at radius 1 is 0.871 bits per heavy atom. The number of sulfonamides is 1. The number of piperidine rings is 1. The number of aliphatic hydroxyl groups is 1. The molecule has 0 bridgehead atoms. The number of amides is 1. The third-order valence-electron chi connectivity index (χ3n) is 11.3. The zero-order chi connectivity index (χ0) is 44.1. The smallest absolute Gasteiger partial charge is 0.388 e. The topological polar surface area (TPSA) is 145 Å². The summed E-state index contributed by atoms with van der Waals surface area (Å²) in [6, 6.07) is 32.7. The number of thioether (sulfide) groups is 1. The summed E-state index contributed by atoms with van der Waals surface area (Å²) in [5, 5.41) is 18.5. The number of halogens is 4. The molecule has 3 atom stereocenters. The van der Waals surface area contributed by atoms with Crippen LogP contribution >= 0.6 is 23.4 Å². The van der Waals surface area contributed by atoms with E-state index in [-0.39, 0.29) is 17.5 Å². The average molecular weight is 928 g/mol. The Kier molecular flexibility index (Phi) is 14.2. The van der Waals surface area contributed by atoms with Gasteiger partial charge in [-0.2, -0.15) is 13.2 Å². The van der Waals surface area contributed by atoms with Gasteiger partial charge in [-0.3, -0.25) is 4.79 Å². The van der Waals surface area contributed by atoms with Crippen molar-refractivity contribution in [3.8, 4) is 11.1 Å². The molecule has 10 nitrogen and oxygen atoms in total. The highest BCUT2D eigenvalue weighted by Crippen LogP contribution is 2.39. The monoisotopic (exact) mass is 926 g/mol. The largest absolute Gasteiger partial charge is 0.501 e. The van der Waals surface area contributed by atoms with Crippen LogP contribution in [0.5, 0.6) is 0 Å². The number of benzene rings is 5. The normalized spacial score (nSPS) is 17.4. The molecular formula is C45H46ClF3N4O6S3. The summed E-state index contributed by atoms with van der Waals surface area (Å²) >= 11 is 7.55. The number of nitrogens with one attached hydrogen (secondary N) is 3. The molecule has 7 rings (SSSR count). The van der Waals surface area contributed by atoms with E-state index in [0.29, 0.717) is 49.2 Å². The van der Waals surface area contributed by atoms with Crippen molar-refractivity contribution in [1.29, 1.82) is 0 Å². The van der Waals surface area contributed by atoms with Crippen LogP contribution in [0.4, 0.5) is 24.5 Å². The lowest BCUT2D eigenvalue weighted by atomic mass is 9.84. The summed E-state index contributed by atoms with van der Waals surface area (Å²) in [6.07, 6.45) is 2.91. The number of carbonyl (C=O) groups excluding carboxylic acids is 1. The van der Waals surface area contributed by atoms with Crippen molar-refractivity contribution in [1.82, 2.24) is 10.0 Å². The zero-order valence-electron chi connectivity index (χ0n) is 33.4. The summed E-state index contributed by atoms with van der Waals surface area (Å²) in [5.74, 6) is -0.687. The van der Waals surface area contributed by atoms with E-state index in [1.165, 1.54) is 23.9 Å². The lowest BCUT2D eigenvalue weighted by Crippen LogP contribution is -2.36. The quantitative estimate of drug-likeness (QED) is 0.0751. The maximum Gasteiger partial charge on any atom is 0.501 e. The van der Waals surface area contributed by atoms with Gasteiger partial charge in [0.1, 0.15) is 4.90 Å². The number of carbonyl (C=O) groups is 1. The molecule has 2 heterocycles. The Bertz CT molecular complexity index is 2550. The van der Waals surface area contributed by atoms with Crippen molar-refractivity contribution in [3.05, 3.63) is 137 Å². The van der Waals surface area contributed by atoms with Gasteiger partial charge in [-0.05, 0) is 128 Å². The second-order valence-electron chi connectivity index (χ2n) is 15.4. The van der Waals surface area contributed by atoms with Gasteiger partial charge in [0.05, 0.1) is 16.7 Å². The second kappa shape index (κ2) is 19.4. The summed E-state index contributed by atoms with van der Waals surface area (Å²) in [7, 11) is -10.9. The second-order valence-corrected chi connectivity index (χ2v) is 20.6. The van der Waals surface area contributed by atoms with Crippen LogP contribution in [0.3, 0.4) is 0 Å². The number of rotatable bonds is 15. The maximum atomic E-state index is 14.1. The molecule has 4 N–H and O–H groups in total. The predicted octanol–water partition coefficient (Wildman–Crippen LogP) is 9.08. The molecule has 328 valence electrons. The van der Waals surface area contributed by atoms with Gasteiger partial charge in [-0.25, -0.2) is 21.6 Å². The first-order valence-electron chi connectivity index (χ1n) is 20.2. The van der Waals surface area contributed by atoms with Gasteiger partial charge < -0.3 is 20.6 Å². The minimum absolute atomic E-state index is 0.0132. The molecule has 2 fully saturated rings. The van der Waals surface area contributed by atoms with Crippen LogP contribution in [0.15, 0.2) is 136 Å². The standard InChI is InChI=1S/C45H46ClF3N4O6S3/c46-33-16-12-30(13-17-33)39-10-4-5-11-40(39)43(54)31-22-25-53(26-23-31)36-18-14-32(15-19-36)44(55)52-62(58,59)38-20-21-41(42(28-38)61(56,57)45(47,48)49)51-35(27-34-7-6-24-50-34)29-60-37-8-2-1-3-9-37/h1-5,8-21,28,31,34-35,43,50-51,54H,6-7,22-27,29H2,(H,52,55)/t34-,35-,43?/m1/s1. The Morgan fingerprint density at radius 3 is 2.21 bits per heavy atom. The molecular weight excluding hydrogens is 881 g/mol. The Morgan fingerprint density at radius 2 is 1.55 bits per heavy atom. The summed E-state index contributed by atoms with van der Waals surface area (Å²) < 4.78 is 97.2. The fraction of sp³-hybridized carbons (Fsp3) is 0.311. The highest BCUT2D eigenvalue weighted by atomic mass is 35.5. The molecule has 0 aliphatic carbocycles. The minimum atomic E-state index is -6.05. The molecule has 2 aliphatic heterocycles. The van der Waals surface area contributed by atoms with Crippen molar-refractivity contribution in [2.45, 2.75) is 70.5 Å². The van der Waals surface area contributed by atoms with E-state index in [4.69, 9.17) is 11.6 Å². The van der Waals surface area contributed by atoms with Gasteiger partial charge in [-0.1, -0.05) is 66.2 Å². The van der Waals surface area contributed by atoms with Crippen LogP contribution < -0.4 is 20.3 Å². The molecule has 5 aromatic rings. The Balaban J connectivity index is 1.02. The van der Waals surface area contributed by atoms with Crippen LogP contribution in [0.2, 0.25) is 5.02 Å². The fourth-order valence-electron chi connectivity index (χ4n) is 7.98. The van der Waals surface area contributed by atoms with Gasteiger partial charge >= 0.3 is 5.51 Å². The van der Waals surface area contributed by atoms with Crippen LogP contribution in [-0.4, -0.2) is 70.8 Å². The van der Waals surface area contributed by atoms with E-state index in [9.17, 15) is 39.9 Å². The van der Waals surface area contributed by atoms with E-state index in [0.717, 1.165) is 58.8 Å². The third-order valence-corrected chi connectivity index (χ3v) is 15.6. The first-order chi connectivity index (χ1) is 29.6. The molecule has 0 spiro atoms. The van der Waals surface area contributed by atoms with Gasteiger partial charge in [0.15, 0.2) is 0 Å². The van der Waals surface area contributed by atoms with Crippen LogP contribution in [0.25, 0.3) is 11.1 Å². The number of aliphatic hydroxyl groups excluding tert-OH is 1. The number of nitrogens with zero attached hydrogens (tertiary/aromatic N) is 1. The van der Waals surface area contributed by atoms with Crippen LogP contribution in [-0.2, 0) is 19.9 Å². The fourth-order valence-corrected chi connectivity index (χ4v) is 11.1. The molecule has 2 saturated heterocycles. The van der Waals surface area contributed by atoms with E-state index in [1.54, 1.807) is 12.1 Å². The highest BCUT2D eigenvalue weighted by molar-refractivity contribution is 7.99. The predicted molar refractivity (Wildman–Crippen MR) is 238 cm³/mol. The number of sulfone groups is 1. The van der Waals surface area contributed by atoms with Crippen molar-refractivity contribution in [2.75, 3.05) is 35.6 Å². The lowest BCUT2D eigenvalue weighted by Gasteiger charge is -2.36. The van der Waals surface area contributed by atoms with Crippen LogP contribution in [0.1, 0.15) is 54.1 Å². The van der Waals surface area contributed by atoms with Gasteiger partial charge in [0.25, 0.3) is 25.8 Å². The van der Waals surface area contributed by atoms with E-state index in [1.807, 2.05) is 83.6 Å². The molecule has 62 heavy (non-hydrogen) atoms. The molecule has 5 aromatic carbocycles. The SMILES string of the molecule is O=C(NS(=O)(=O)c1ccc(N[C@@H](CSc2ccccc2)C[C@H]2CCCN2)c(S(=O)(=O)C(F)(F)F)c1)c1ccc(N2CCC(C(O)c3ccccc3-c3ccc(Cl)cc3)CC2)cc1. The lowest BCUT2D eigenvalue weighted by molar-refractivity contribution is -0.0435. The first-order valence-corrected chi connectivity index (χ1v) is 24.5. The molecule has 1 amide bonds. The van der Waals surface area contributed by atoms with Crippen LogP contribution in [0, 0.1) is 5.92 Å². The average Bonchev–Trinajstić information content (AvgIpc) is 3.79. The summed E-state index contributed by atoms with van der Waals surface area (Å²) in [4.78, 5) is 14.2. The molecule has 17 heteroatoms. The summed E-state index contributed by atoms with van der Waals surface area (Å²) in [5.41, 5.74) is -2.69. The summed E-state index contributed by atoms with van der Waals surface area (Å²) in [6.45, 7) is 2.01.